The van der Waals surface area contributed by atoms with E-state index in [-0.39, 0.29) is 17.9 Å². The van der Waals surface area contributed by atoms with E-state index in [0.29, 0.717) is 23.9 Å². The summed E-state index contributed by atoms with van der Waals surface area (Å²) in [6, 6.07) is 25.6. The van der Waals surface area contributed by atoms with Gasteiger partial charge >= 0.3 is 0 Å². The Labute approximate surface area is 225 Å². The van der Waals surface area contributed by atoms with Crippen molar-refractivity contribution in [2.24, 2.45) is 16.6 Å². The molecule has 0 bridgehead atoms. The zero-order valence-corrected chi connectivity index (χ0v) is 22.5. The molecule has 200 valence electrons. The number of rotatable bonds is 10. The summed E-state index contributed by atoms with van der Waals surface area (Å²) in [6.45, 7) is 2.04. The average molecular weight is 515 g/mol. The summed E-state index contributed by atoms with van der Waals surface area (Å²) in [4.78, 5) is 22.1. The summed E-state index contributed by atoms with van der Waals surface area (Å²) in [5.74, 6) is 1.96. The normalized spacial score (nSPS) is 15.6. The Kier molecular flexibility index (Phi) is 9.38. The van der Waals surface area contributed by atoms with Crippen LogP contribution in [0.2, 0.25) is 0 Å². The fourth-order valence-corrected chi connectivity index (χ4v) is 5.17. The lowest BCUT2D eigenvalue weighted by molar-refractivity contribution is -0.123. The number of para-hydroxylation sites is 2. The SMILES string of the molecule is COc1cccc(C(C(N)=NCCc2ccccc2)N2CCC(C(=O)N(C)c3ccccc3)CC2)c1OC. The van der Waals surface area contributed by atoms with E-state index >= 15 is 0 Å². The molecule has 1 aliphatic heterocycles. The van der Waals surface area contributed by atoms with Crippen molar-refractivity contribution in [1.29, 1.82) is 0 Å². The summed E-state index contributed by atoms with van der Waals surface area (Å²) in [6.07, 6.45) is 2.30. The van der Waals surface area contributed by atoms with Crippen LogP contribution in [0.3, 0.4) is 0 Å². The van der Waals surface area contributed by atoms with Gasteiger partial charge in [0.1, 0.15) is 5.84 Å². The van der Waals surface area contributed by atoms with Crippen molar-refractivity contribution in [3.05, 3.63) is 90.0 Å². The number of carbonyl (C=O) groups excluding carboxylic acids is 1. The van der Waals surface area contributed by atoms with Gasteiger partial charge in [-0.1, -0.05) is 60.7 Å². The molecule has 0 spiro atoms. The number of likely N-dealkylation sites (tertiary alicyclic amines) is 1. The molecule has 1 fully saturated rings. The third-order valence-corrected chi connectivity index (χ3v) is 7.26. The molecule has 38 heavy (non-hydrogen) atoms. The van der Waals surface area contributed by atoms with Crippen LogP contribution in [0.4, 0.5) is 5.69 Å². The molecule has 3 aromatic carbocycles. The minimum atomic E-state index is -0.279. The highest BCUT2D eigenvalue weighted by molar-refractivity contribution is 5.94. The first-order valence-electron chi connectivity index (χ1n) is 13.1. The van der Waals surface area contributed by atoms with Gasteiger partial charge in [0.15, 0.2) is 11.5 Å². The molecule has 3 aromatic rings. The van der Waals surface area contributed by atoms with Crippen molar-refractivity contribution in [2.45, 2.75) is 25.3 Å². The van der Waals surface area contributed by atoms with Crippen LogP contribution in [0.1, 0.15) is 30.0 Å². The predicted molar refractivity (Wildman–Crippen MR) is 153 cm³/mol. The summed E-state index contributed by atoms with van der Waals surface area (Å²) in [5, 5.41) is 0. The molecule has 7 nitrogen and oxygen atoms in total. The van der Waals surface area contributed by atoms with E-state index in [0.717, 1.165) is 43.6 Å². The second kappa shape index (κ2) is 13.1. The number of nitrogens with zero attached hydrogens (tertiary/aromatic N) is 3. The molecule has 1 unspecified atom stereocenters. The summed E-state index contributed by atoms with van der Waals surface area (Å²) < 4.78 is 11.4. The van der Waals surface area contributed by atoms with Gasteiger partial charge in [-0.3, -0.25) is 14.7 Å². The number of amides is 1. The number of benzene rings is 3. The standard InChI is InChI=1S/C31H38N4O3/c1-34(25-13-8-5-9-14-25)31(36)24-18-21-35(22-19-24)28(26-15-10-16-27(37-2)29(26)38-3)30(32)33-20-17-23-11-6-4-7-12-23/h4-16,24,28H,17-22H2,1-3H3,(H2,32,33). The lowest BCUT2D eigenvalue weighted by Crippen LogP contribution is -2.46. The molecule has 1 heterocycles. The van der Waals surface area contributed by atoms with Crippen molar-refractivity contribution in [3.8, 4) is 11.5 Å². The lowest BCUT2D eigenvalue weighted by atomic mass is 9.92. The van der Waals surface area contributed by atoms with Gasteiger partial charge in [0.05, 0.1) is 20.3 Å². The highest BCUT2D eigenvalue weighted by atomic mass is 16.5. The van der Waals surface area contributed by atoms with Crippen molar-refractivity contribution >= 4 is 17.4 Å². The molecule has 0 saturated carbocycles. The van der Waals surface area contributed by atoms with Gasteiger partial charge in [0, 0.05) is 30.8 Å². The number of carbonyl (C=O) groups is 1. The van der Waals surface area contributed by atoms with Crippen molar-refractivity contribution in [1.82, 2.24) is 4.90 Å². The van der Waals surface area contributed by atoms with Crippen LogP contribution in [-0.4, -0.2) is 57.5 Å². The molecule has 1 amide bonds. The zero-order chi connectivity index (χ0) is 26.9. The monoisotopic (exact) mass is 514 g/mol. The number of ether oxygens (including phenoxy) is 2. The molecule has 1 atom stereocenters. The maximum atomic E-state index is 13.3. The van der Waals surface area contributed by atoms with Crippen molar-refractivity contribution < 1.29 is 14.3 Å². The fraction of sp³-hybridized carbons (Fsp3) is 0.355. The van der Waals surface area contributed by atoms with E-state index in [2.05, 4.69) is 17.0 Å². The van der Waals surface area contributed by atoms with Gasteiger partial charge in [-0.2, -0.15) is 0 Å². The molecular weight excluding hydrogens is 476 g/mol. The lowest BCUT2D eigenvalue weighted by Gasteiger charge is -2.38. The van der Waals surface area contributed by atoms with Crippen molar-refractivity contribution in [3.63, 3.8) is 0 Å². The number of methoxy groups -OCH3 is 2. The fourth-order valence-electron chi connectivity index (χ4n) is 5.17. The van der Waals surface area contributed by atoms with Crippen molar-refractivity contribution in [2.75, 3.05) is 45.8 Å². The van der Waals surface area contributed by atoms with Gasteiger partial charge in [-0.15, -0.1) is 0 Å². The number of anilines is 1. The molecule has 0 aromatic heterocycles. The average Bonchev–Trinajstić information content (AvgIpc) is 2.97. The Balaban J connectivity index is 1.53. The number of piperidine rings is 1. The molecule has 1 saturated heterocycles. The molecule has 2 N–H and O–H groups in total. The molecular formula is C31H38N4O3. The predicted octanol–water partition coefficient (Wildman–Crippen LogP) is 4.72. The van der Waals surface area contributed by atoms with Gasteiger partial charge in [0.2, 0.25) is 5.91 Å². The zero-order valence-electron chi connectivity index (χ0n) is 22.5. The van der Waals surface area contributed by atoms with E-state index < -0.39 is 0 Å². The summed E-state index contributed by atoms with van der Waals surface area (Å²) in [7, 11) is 5.13. The van der Waals surface area contributed by atoms with Crippen LogP contribution < -0.4 is 20.1 Å². The van der Waals surface area contributed by atoms with Crippen LogP contribution >= 0.6 is 0 Å². The Bertz CT molecular complexity index is 1210. The highest BCUT2D eigenvalue weighted by Crippen LogP contribution is 2.38. The van der Waals surface area contributed by atoms with Gasteiger partial charge in [0.25, 0.3) is 0 Å². The summed E-state index contributed by atoms with van der Waals surface area (Å²) >= 11 is 0. The molecule has 7 heteroatoms. The Morgan fingerprint density at radius 2 is 1.63 bits per heavy atom. The van der Waals surface area contributed by atoms with Crippen LogP contribution in [0.15, 0.2) is 83.9 Å². The van der Waals surface area contributed by atoms with E-state index in [1.807, 2.05) is 73.8 Å². The second-order valence-electron chi connectivity index (χ2n) is 9.57. The number of hydrogen-bond acceptors (Lipinski definition) is 5. The van der Waals surface area contributed by atoms with Gasteiger partial charge in [-0.05, 0) is 56.1 Å². The number of hydrogen-bond donors (Lipinski definition) is 1. The van der Waals surface area contributed by atoms with Crippen LogP contribution in [0.5, 0.6) is 11.5 Å². The minimum absolute atomic E-state index is 0.0412. The van der Waals surface area contributed by atoms with Gasteiger partial charge < -0.3 is 20.1 Å². The van der Waals surface area contributed by atoms with Gasteiger partial charge in [-0.25, -0.2) is 0 Å². The maximum absolute atomic E-state index is 13.3. The second-order valence-corrected chi connectivity index (χ2v) is 9.57. The topological polar surface area (TPSA) is 80.4 Å². The first kappa shape index (κ1) is 27.2. The highest BCUT2D eigenvalue weighted by Gasteiger charge is 2.34. The molecule has 1 aliphatic rings. The smallest absolute Gasteiger partial charge is 0.229 e. The van der Waals surface area contributed by atoms with E-state index in [9.17, 15) is 4.79 Å². The minimum Gasteiger partial charge on any atom is -0.493 e. The van der Waals surface area contributed by atoms with E-state index in [1.165, 1.54) is 5.56 Å². The van der Waals surface area contributed by atoms with Crippen LogP contribution in [0.25, 0.3) is 0 Å². The Morgan fingerprint density at radius 3 is 2.26 bits per heavy atom. The first-order valence-corrected chi connectivity index (χ1v) is 13.1. The first-order chi connectivity index (χ1) is 18.5. The molecule has 4 rings (SSSR count). The Hall–Kier alpha value is -3.84. The molecule has 0 aliphatic carbocycles. The van der Waals surface area contributed by atoms with E-state index in [4.69, 9.17) is 20.2 Å². The van der Waals surface area contributed by atoms with Crippen LogP contribution in [-0.2, 0) is 11.2 Å². The Morgan fingerprint density at radius 1 is 0.974 bits per heavy atom. The number of aliphatic imine (C=N–C) groups is 1. The molecule has 0 radical (unpaired) electrons. The number of amidine groups is 1. The maximum Gasteiger partial charge on any atom is 0.229 e. The van der Waals surface area contributed by atoms with E-state index in [1.54, 1.807) is 19.1 Å². The third kappa shape index (κ3) is 6.34. The quantitative estimate of drug-likeness (QED) is 0.313. The van der Waals surface area contributed by atoms with Crippen LogP contribution in [0, 0.1) is 5.92 Å². The number of nitrogens with two attached hydrogens (primary N) is 1. The third-order valence-electron chi connectivity index (χ3n) is 7.26. The largest absolute Gasteiger partial charge is 0.493 e. The summed E-state index contributed by atoms with van der Waals surface area (Å²) in [5.41, 5.74) is 9.77.